The van der Waals surface area contributed by atoms with Gasteiger partial charge < -0.3 is 4.98 Å². The number of benzene rings is 1. The molecule has 1 fully saturated rings. The van der Waals surface area contributed by atoms with E-state index in [0.717, 1.165) is 40.1 Å². The van der Waals surface area contributed by atoms with E-state index in [-0.39, 0.29) is 5.82 Å². The summed E-state index contributed by atoms with van der Waals surface area (Å²) in [6.45, 7) is 6.14. The lowest BCUT2D eigenvalue weighted by Crippen LogP contribution is -2.06. The number of rotatable bonds is 7. The molecule has 0 radical (unpaired) electrons. The average Bonchev–Trinajstić information content (AvgIpc) is 3.59. The van der Waals surface area contributed by atoms with Crippen LogP contribution in [0.15, 0.2) is 79.2 Å². The van der Waals surface area contributed by atoms with Crippen LogP contribution in [0.2, 0.25) is 0 Å². The number of allylic oxidation sites excluding steroid dienone is 5. The van der Waals surface area contributed by atoms with E-state index in [1.54, 1.807) is 12.3 Å². The summed E-state index contributed by atoms with van der Waals surface area (Å²) in [6, 6.07) is 10.4. The molecule has 1 saturated carbocycles. The second-order valence-electron chi connectivity index (χ2n) is 10.2. The van der Waals surface area contributed by atoms with Crippen LogP contribution >= 0.6 is 0 Å². The highest BCUT2D eigenvalue weighted by Crippen LogP contribution is 2.33. The molecule has 4 heterocycles. The highest BCUT2D eigenvalue weighted by atomic mass is 19.1. The third kappa shape index (κ3) is 5.04. The van der Waals surface area contributed by atoms with Crippen molar-refractivity contribution in [2.24, 2.45) is 5.92 Å². The normalized spacial score (nSPS) is 15.3. The fraction of sp³-hybridized carbons (Fsp3) is 0.250. The Kier molecular flexibility index (Phi) is 6.88. The maximum atomic E-state index is 13.9. The molecule has 4 aromatic heterocycles. The van der Waals surface area contributed by atoms with Gasteiger partial charge in [-0.05, 0) is 54.7 Å². The summed E-state index contributed by atoms with van der Waals surface area (Å²) in [5.41, 5.74) is 7.49. The van der Waals surface area contributed by atoms with Gasteiger partial charge in [-0.15, -0.1) is 0 Å². The van der Waals surface area contributed by atoms with Gasteiger partial charge in [-0.3, -0.25) is 10.1 Å². The molecule has 0 amide bonds. The molecule has 0 bridgehead atoms. The van der Waals surface area contributed by atoms with E-state index >= 15 is 0 Å². The molecule has 0 aliphatic heterocycles. The SMILES string of the molecule is C=C/C(=C\C(=C/C)c1cnc2n[nH]c(-c3nc4c(-c5cccc(F)c5)nccc4[nH]3)c2c1)CC1CCCCC1. The minimum atomic E-state index is -0.313. The van der Waals surface area contributed by atoms with Gasteiger partial charge in [0.2, 0.25) is 0 Å². The molecule has 0 spiro atoms. The maximum Gasteiger partial charge on any atom is 0.181 e. The summed E-state index contributed by atoms with van der Waals surface area (Å²) in [4.78, 5) is 17.4. The Bertz CT molecular complexity index is 1720. The van der Waals surface area contributed by atoms with E-state index in [1.807, 2.05) is 31.3 Å². The highest BCUT2D eigenvalue weighted by Gasteiger charge is 2.18. The number of nitrogens with one attached hydrogen (secondary N) is 2. The average molecular weight is 519 g/mol. The molecule has 6 rings (SSSR count). The zero-order valence-electron chi connectivity index (χ0n) is 22.0. The molecule has 39 heavy (non-hydrogen) atoms. The van der Waals surface area contributed by atoms with Gasteiger partial charge in [-0.2, -0.15) is 5.10 Å². The minimum Gasteiger partial charge on any atom is -0.337 e. The van der Waals surface area contributed by atoms with E-state index in [9.17, 15) is 4.39 Å². The quantitative estimate of drug-likeness (QED) is 0.213. The molecule has 2 N–H and O–H groups in total. The van der Waals surface area contributed by atoms with Gasteiger partial charge >= 0.3 is 0 Å². The first-order valence-corrected chi connectivity index (χ1v) is 13.6. The third-order valence-corrected chi connectivity index (χ3v) is 7.64. The van der Waals surface area contributed by atoms with Gasteiger partial charge in [0, 0.05) is 23.5 Å². The number of aromatic amines is 2. The van der Waals surface area contributed by atoms with Crippen LogP contribution in [0.4, 0.5) is 4.39 Å². The van der Waals surface area contributed by atoms with Gasteiger partial charge in [0.05, 0.1) is 16.6 Å². The summed E-state index contributed by atoms with van der Waals surface area (Å²) >= 11 is 0. The van der Waals surface area contributed by atoms with Crippen molar-refractivity contribution in [3.05, 3.63) is 90.6 Å². The Morgan fingerprint density at radius 2 is 2.00 bits per heavy atom. The number of hydrogen-bond acceptors (Lipinski definition) is 4. The fourth-order valence-corrected chi connectivity index (χ4v) is 5.60. The molecule has 196 valence electrons. The molecule has 5 aromatic rings. The maximum absolute atomic E-state index is 13.9. The van der Waals surface area contributed by atoms with Gasteiger partial charge in [0.25, 0.3) is 0 Å². The molecule has 1 aliphatic carbocycles. The van der Waals surface area contributed by atoms with Crippen molar-refractivity contribution < 1.29 is 4.39 Å². The van der Waals surface area contributed by atoms with Crippen LogP contribution in [0.25, 0.3) is 50.4 Å². The minimum absolute atomic E-state index is 0.313. The van der Waals surface area contributed by atoms with Crippen LogP contribution in [0.3, 0.4) is 0 Å². The molecular weight excluding hydrogens is 487 g/mol. The second-order valence-corrected chi connectivity index (χ2v) is 10.2. The fourth-order valence-electron chi connectivity index (χ4n) is 5.60. The van der Waals surface area contributed by atoms with Crippen LogP contribution in [0.5, 0.6) is 0 Å². The van der Waals surface area contributed by atoms with Crippen LogP contribution < -0.4 is 0 Å². The summed E-state index contributed by atoms with van der Waals surface area (Å²) < 4.78 is 13.9. The third-order valence-electron chi connectivity index (χ3n) is 7.64. The second kappa shape index (κ2) is 10.8. The lowest BCUT2D eigenvalue weighted by Gasteiger charge is -2.22. The van der Waals surface area contributed by atoms with Crippen LogP contribution in [0, 0.1) is 11.7 Å². The summed E-state index contributed by atoms with van der Waals surface area (Å²) in [5, 5.41) is 8.41. The molecule has 1 aromatic carbocycles. The number of imidazole rings is 1. The molecule has 1 aliphatic rings. The van der Waals surface area contributed by atoms with Gasteiger partial charge in [0.15, 0.2) is 11.5 Å². The lowest BCUT2D eigenvalue weighted by atomic mass is 9.84. The summed E-state index contributed by atoms with van der Waals surface area (Å²) in [6.07, 6.45) is 17.6. The summed E-state index contributed by atoms with van der Waals surface area (Å²) in [5.74, 6) is 1.05. The van der Waals surface area contributed by atoms with Gasteiger partial charge in [0.1, 0.15) is 17.0 Å². The van der Waals surface area contributed by atoms with E-state index in [0.29, 0.717) is 28.2 Å². The predicted molar refractivity (Wildman–Crippen MR) is 155 cm³/mol. The van der Waals surface area contributed by atoms with Crippen molar-refractivity contribution in [2.45, 2.75) is 45.4 Å². The van der Waals surface area contributed by atoms with Gasteiger partial charge in [-0.1, -0.05) is 69.0 Å². The largest absolute Gasteiger partial charge is 0.337 e. The van der Waals surface area contributed by atoms with Crippen molar-refractivity contribution in [1.82, 2.24) is 30.1 Å². The Balaban J connectivity index is 1.37. The van der Waals surface area contributed by atoms with Crippen LogP contribution in [0.1, 0.15) is 51.0 Å². The van der Waals surface area contributed by atoms with Crippen molar-refractivity contribution >= 4 is 27.6 Å². The Labute approximate surface area is 226 Å². The standard InChI is InChI=1S/C32H31FN6/c1-3-20(15-21-9-6-5-7-10-21)16-22(4-2)24-18-26-29(38-39-31(26)35-19-24)32-36-27-13-14-34-28(30(27)37-32)23-11-8-12-25(33)17-23/h3-4,8,11-14,16-19,21H,1,5-7,9-10,15H2,2H3,(H,36,37)(H,35,38,39)/b20-16+,22-4+. The smallest absolute Gasteiger partial charge is 0.181 e. The van der Waals surface area contributed by atoms with Crippen molar-refractivity contribution in [3.8, 4) is 22.8 Å². The topological polar surface area (TPSA) is 83.1 Å². The molecule has 0 atom stereocenters. The monoisotopic (exact) mass is 518 g/mol. The first-order chi connectivity index (χ1) is 19.1. The number of H-pyrrole nitrogens is 2. The Morgan fingerprint density at radius 3 is 2.79 bits per heavy atom. The van der Waals surface area contributed by atoms with E-state index < -0.39 is 0 Å². The van der Waals surface area contributed by atoms with E-state index in [1.165, 1.54) is 49.8 Å². The van der Waals surface area contributed by atoms with Crippen molar-refractivity contribution in [1.29, 1.82) is 0 Å². The van der Waals surface area contributed by atoms with Crippen LogP contribution in [-0.4, -0.2) is 30.1 Å². The Morgan fingerprint density at radius 1 is 1.13 bits per heavy atom. The van der Waals surface area contributed by atoms with E-state index in [4.69, 9.17) is 4.98 Å². The van der Waals surface area contributed by atoms with Gasteiger partial charge in [-0.25, -0.2) is 14.4 Å². The van der Waals surface area contributed by atoms with Crippen molar-refractivity contribution in [3.63, 3.8) is 0 Å². The Hall–Kier alpha value is -4.39. The lowest BCUT2D eigenvalue weighted by molar-refractivity contribution is 0.358. The molecule has 6 nitrogen and oxygen atoms in total. The number of halogens is 1. The number of nitrogens with zero attached hydrogens (tertiary/aromatic N) is 4. The highest BCUT2D eigenvalue weighted by molar-refractivity contribution is 5.96. The zero-order valence-corrected chi connectivity index (χ0v) is 22.0. The first-order valence-electron chi connectivity index (χ1n) is 13.6. The first kappa shape index (κ1) is 24.9. The van der Waals surface area contributed by atoms with Crippen LogP contribution in [-0.2, 0) is 0 Å². The van der Waals surface area contributed by atoms with E-state index in [2.05, 4.69) is 49.9 Å². The number of pyridine rings is 2. The summed E-state index contributed by atoms with van der Waals surface area (Å²) in [7, 11) is 0. The number of aromatic nitrogens is 6. The zero-order chi connectivity index (χ0) is 26.8. The molecular formula is C32H31FN6. The predicted octanol–water partition coefficient (Wildman–Crippen LogP) is 8.19. The molecule has 0 saturated heterocycles. The number of fused-ring (bicyclic) bond motifs is 2. The number of hydrogen-bond donors (Lipinski definition) is 2. The van der Waals surface area contributed by atoms with Crippen molar-refractivity contribution in [2.75, 3.05) is 0 Å². The molecule has 0 unspecified atom stereocenters. The molecule has 7 heteroatoms.